The van der Waals surface area contributed by atoms with Crippen LogP contribution in [-0.4, -0.2) is 165 Å². The molecule has 0 bridgehead atoms. The number of hydrogen-bond acceptors (Lipinski definition) is 15. The Kier molecular flexibility index (Phi) is 24.8. The summed E-state index contributed by atoms with van der Waals surface area (Å²) in [4.78, 5) is 151. The van der Waals surface area contributed by atoms with Crippen molar-refractivity contribution in [1.82, 2.24) is 47.9 Å². The summed E-state index contributed by atoms with van der Waals surface area (Å²) in [5.41, 5.74) is 10.7. The largest absolute Gasteiger partial charge is 0.481 e. The minimum Gasteiger partial charge on any atom is -0.481 e. The number of aliphatic carboxylic acids is 2. The number of aliphatic hydroxyl groups excluding tert-OH is 2. The molecule has 0 unspecified atom stereocenters. The lowest BCUT2D eigenvalue weighted by molar-refractivity contribution is -0.142. The van der Waals surface area contributed by atoms with Gasteiger partial charge in [-0.2, -0.15) is 0 Å². The van der Waals surface area contributed by atoms with Crippen LogP contribution in [0.4, 0.5) is 0 Å². The Labute approximate surface area is 368 Å². The summed E-state index contributed by atoms with van der Waals surface area (Å²) in [5, 5.41) is 58.6. The quantitative estimate of drug-likeness (QED) is 0.0347. The molecule has 0 aliphatic heterocycles. The first kappa shape index (κ1) is 57.5. The number of aliphatic hydroxyl groups is 2. The van der Waals surface area contributed by atoms with Crippen molar-refractivity contribution in [3.63, 3.8) is 0 Å². The molecule has 0 aliphatic carbocycles. The normalized spacial score (nSPS) is 15.7. The molecule has 0 saturated carbocycles. The zero-order valence-corrected chi connectivity index (χ0v) is 36.8. The number of nitrogens with two attached hydrogens (primary N) is 2. The van der Waals surface area contributed by atoms with Crippen molar-refractivity contribution < 1.29 is 78.0 Å². The Hall–Kier alpha value is -6.48. The number of carbonyl (C=O) groups excluding carboxylic acids is 10. The number of rotatable bonds is 28. The molecule has 10 atom stereocenters. The van der Waals surface area contributed by atoms with Crippen LogP contribution in [0.25, 0.3) is 0 Å². The maximum Gasteiger partial charge on any atom is 0.325 e. The van der Waals surface area contributed by atoms with Gasteiger partial charge in [0.2, 0.25) is 59.1 Å². The van der Waals surface area contributed by atoms with Crippen LogP contribution in [0.15, 0.2) is 0 Å². The highest BCUT2D eigenvalue weighted by atomic mass is 16.4. The van der Waals surface area contributed by atoms with Gasteiger partial charge in [-0.3, -0.25) is 57.5 Å². The number of primary amides is 1. The molecule has 0 rings (SSSR count). The molecule has 0 aliphatic rings. The van der Waals surface area contributed by atoms with Crippen LogP contribution < -0.4 is 59.3 Å². The van der Waals surface area contributed by atoms with E-state index in [-0.39, 0.29) is 0 Å². The zero-order chi connectivity index (χ0) is 49.8. The van der Waals surface area contributed by atoms with E-state index in [0.29, 0.717) is 0 Å². The van der Waals surface area contributed by atoms with Gasteiger partial charge in [0.05, 0.1) is 31.7 Å². The van der Waals surface area contributed by atoms with Crippen molar-refractivity contribution in [3.8, 4) is 0 Å². The monoisotopic (exact) mass is 917 g/mol. The lowest BCUT2D eigenvalue weighted by Gasteiger charge is -2.27. The third-order valence-corrected chi connectivity index (χ3v) is 9.03. The molecule has 0 fully saturated rings. The second-order valence-corrected chi connectivity index (χ2v) is 15.5. The van der Waals surface area contributed by atoms with Gasteiger partial charge in [0.1, 0.15) is 48.3 Å². The van der Waals surface area contributed by atoms with Crippen molar-refractivity contribution >= 4 is 71.0 Å². The standard InChI is InChI=1S/C37H63N11O16/c1-14(2)26(48-32(58)21(11-25(53)54)44-31(57)20(9-10-23(39)51)43-33(59)22(13-49)45-29(55)16(5)38)34(60)40-12-24(52)46-28(19(8)50)36(62)41-17(6)30(56)47-27(15(3)4)35(61)42-18(7)37(63)64/h14-22,26-28,49-50H,9-13,38H2,1-8H3,(H2,39,51)(H,40,60)(H,41,62)(H,42,61)(H,43,59)(H,44,57)(H,45,55)(H,46,52)(H,47,56)(H,48,58)(H,53,54)(H,63,64)/t16-,17-,18-,19+,20-,21-,22-,26-,27-,28-/m0/s1. The highest BCUT2D eigenvalue weighted by Crippen LogP contribution is 2.07. The van der Waals surface area contributed by atoms with Crippen LogP contribution in [0.5, 0.6) is 0 Å². The molecule has 64 heavy (non-hydrogen) atoms. The molecule has 0 aromatic heterocycles. The van der Waals surface area contributed by atoms with Crippen LogP contribution in [0.2, 0.25) is 0 Å². The molecule has 362 valence electrons. The third-order valence-electron chi connectivity index (χ3n) is 9.03. The Bertz CT molecular complexity index is 1720. The van der Waals surface area contributed by atoms with Crippen LogP contribution in [0.1, 0.15) is 74.7 Å². The molecule has 10 amide bonds. The summed E-state index contributed by atoms with van der Waals surface area (Å²) in [6.07, 6.45) is -3.60. The van der Waals surface area contributed by atoms with E-state index in [2.05, 4.69) is 47.9 Å². The fraction of sp³-hybridized carbons (Fsp3) is 0.676. The number of nitrogens with one attached hydrogen (secondary N) is 9. The van der Waals surface area contributed by atoms with Crippen molar-refractivity contribution in [3.05, 3.63) is 0 Å². The smallest absolute Gasteiger partial charge is 0.325 e. The van der Waals surface area contributed by atoms with Crippen molar-refractivity contribution in [1.29, 1.82) is 0 Å². The lowest BCUT2D eigenvalue weighted by Crippen LogP contribution is -2.61. The van der Waals surface area contributed by atoms with Gasteiger partial charge in [0, 0.05) is 6.42 Å². The van der Waals surface area contributed by atoms with Gasteiger partial charge in [0.15, 0.2) is 0 Å². The fourth-order valence-electron chi connectivity index (χ4n) is 5.22. The molecule has 0 radical (unpaired) electrons. The van der Waals surface area contributed by atoms with E-state index in [1.165, 1.54) is 34.6 Å². The van der Waals surface area contributed by atoms with Crippen LogP contribution in [0.3, 0.4) is 0 Å². The van der Waals surface area contributed by atoms with Gasteiger partial charge >= 0.3 is 11.9 Å². The second kappa shape index (κ2) is 27.6. The van der Waals surface area contributed by atoms with Gasteiger partial charge < -0.3 is 79.7 Å². The highest BCUT2D eigenvalue weighted by molar-refractivity contribution is 5.99. The predicted molar refractivity (Wildman–Crippen MR) is 220 cm³/mol. The average molecular weight is 918 g/mol. The highest BCUT2D eigenvalue weighted by Gasteiger charge is 2.35. The van der Waals surface area contributed by atoms with E-state index in [1.807, 2.05) is 0 Å². The summed E-state index contributed by atoms with van der Waals surface area (Å²) < 4.78 is 0. The molecule has 0 saturated heterocycles. The summed E-state index contributed by atoms with van der Waals surface area (Å²) >= 11 is 0. The number of carbonyl (C=O) groups is 12. The average Bonchev–Trinajstić information content (AvgIpc) is 3.18. The Morgan fingerprint density at radius 3 is 1.44 bits per heavy atom. The van der Waals surface area contributed by atoms with Crippen molar-refractivity contribution in [2.75, 3.05) is 13.2 Å². The minimum atomic E-state index is -1.91. The first-order valence-electron chi connectivity index (χ1n) is 20.0. The first-order chi connectivity index (χ1) is 29.5. The topological polar surface area (TPSA) is 446 Å². The summed E-state index contributed by atoms with van der Waals surface area (Å²) in [6.45, 7) is 9.17. The van der Waals surface area contributed by atoms with E-state index in [1.54, 1.807) is 13.8 Å². The van der Waals surface area contributed by atoms with Crippen LogP contribution >= 0.6 is 0 Å². The summed E-state index contributed by atoms with van der Waals surface area (Å²) in [5.74, 6) is -14.2. The lowest BCUT2D eigenvalue weighted by atomic mass is 10.0. The first-order valence-corrected chi connectivity index (χ1v) is 20.0. The molecule has 17 N–H and O–H groups in total. The number of hydrogen-bond donors (Lipinski definition) is 15. The van der Waals surface area contributed by atoms with E-state index < -0.39 is 176 Å². The van der Waals surface area contributed by atoms with E-state index in [9.17, 15) is 72.9 Å². The van der Waals surface area contributed by atoms with Gasteiger partial charge in [-0.25, -0.2) is 0 Å². The maximum absolute atomic E-state index is 13.4. The minimum absolute atomic E-state index is 0.478. The molecule has 27 heteroatoms. The summed E-state index contributed by atoms with van der Waals surface area (Å²) in [6, 6.07) is -13.3. The zero-order valence-electron chi connectivity index (χ0n) is 36.8. The fourth-order valence-corrected chi connectivity index (χ4v) is 5.22. The Morgan fingerprint density at radius 2 is 0.969 bits per heavy atom. The number of carboxylic acid groups (broad SMARTS) is 2. The summed E-state index contributed by atoms with van der Waals surface area (Å²) in [7, 11) is 0. The third kappa shape index (κ3) is 20.6. The predicted octanol–water partition coefficient (Wildman–Crippen LogP) is -7.12. The SMILES string of the molecule is CC(C)[C@H](NC(=O)[C@H](C)NC(=O)[C@@H](NC(=O)CNC(=O)[C@@H](NC(=O)[C@H](CC(=O)O)NC(=O)[C@H](CCC(N)=O)NC(=O)[C@H](CO)NC(=O)[C@H](C)N)C(C)C)[C@@H](C)O)C(=O)N[C@@H](C)C(=O)O. The second-order valence-electron chi connectivity index (χ2n) is 15.5. The molecule has 0 aromatic carbocycles. The van der Waals surface area contributed by atoms with Crippen molar-refractivity contribution in [2.24, 2.45) is 23.3 Å². The van der Waals surface area contributed by atoms with E-state index >= 15 is 0 Å². The molecule has 0 aromatic rings. The maximum atomic E-state index is 13.4. The van der Waals surface area contributed by atoms with Crippen molar-refractivity contribution in [2.45, 2.75) is 135 Å². The van der Waals surface area contributed by atoms with Gasteiger partial charge in [0.25, 0.3) is 0 Å². The Morgan fingerprint density at radius 1 is 0.516 bits per heavy atom. The van der Waals surface area contributed by atoms with Crippen LogP contribution in [-0.2, 0) is 57.5 Å². The van der Waals surface area contributed by atoms with Gasteiger partial charge in [-0.05, 0) is 46.0 Å². The molecular formula is C37H63N11O16. The molecule has 0 spiro atoms. The molecular weight excluding hydrogens is 854 g/mol. The Balaban J connectivity index is 5.87. The molecule has 27 nitrogen and oxygen atoms in total. The van der Waals surface area contributed by atoms with E-state index in [0.717, 1.165) is 6.92 Å². The van der Waals surface area contributed by atoms with E-state index in [4.69, 9.17) is 16.6 Å². The number of carboxylic acids is 2. The van der Waals surface area contributed by atoms with Gasteiger partial charge in [-0.1, -0.05) is 27.7 Å². The van der Waals surface area contributed by atoms with Gasteiger partial charge in [-0.15, -0.1) is 0 Å². The van der Waals surface area contributed by atoms with Crippen LogP contribution in [0, 0.1) is 11.8 Å². The number of amides is 10. The molecule has 0 heterocycles.